The second kappa shape index (κ2) is 14.1. The number of carbonyl (C=O) groups is 1. The molecule has 1 atom stereocenters. The van der Waals surface area contributed by atoms with E-state index in [9.17, 15) is 9.59 Å². The van der Waals surface area contributed by atoms with E-state index < -0.39 is 12.0 Å². The third-order valence-corrected chi connectivity index (χ3v) is 9.83. The summed E-state index contributed by atoms with van der Waals surface area (Å²) in [5, 5.41) is 1.97. The van der Waals surface area contributed by atoms with Gasteiger partial charge in [0, 0.05) is 15.6 Å². The van der Waals surface area contributed by atoms with Gasteiger partial charge in [-0.05, 0) is 65.2 Å². The Labute approximate surface area is 295 Å². The topological polar surface area (TPSA) is 79.1 Å². The van der Waals surface area contributed by atoms with Gasteiger partial charge in [-0.15, -0.1) is 0 Å². The lowest BCUT2D eigenvalue weighted by atomic mass is 9.93. The summed E-state index contributed by atoms with van der Waals surface area (Å²) in [6.45, 7) is 2.29. The Hall–Kier alpha value is -5.25. The molecule has 0 unspecified atom stereocenters. The van der Waals surface area contributed by atoms with Crippen molar-refractivity contribution in [3.8, 4) is 11.5 Å². The lowest BCUT2D eigenvalue weighted by molar-refractivity contribution is -0.138. The highest BCUT2D eigenvalue weighted by molar-refractivity contribution is 9.10. The molecular formula is C40H31BrN2O5S. The maximum Gasteiger partial charge on any atom is 0.338 e. The maximum absolute atomic E-state index is 14.6. The van der Waals surface area contributed by atoms with E-state index in [0.29, 0.717) is 38.7 Å². The molecule has 9 heteroatoms. The lowest BCUT2D eigenvalue weighted by Gasteiger charge is -2.26. The number of ether oxygens (including phenoxy) is 3. The van der Waals surface area contributed by atoms with E-state index in [2.05, 4.69) is 15.9 Å². The van der Waals surface area contributed by atoms with Crippen molar-refractivity contribution in [1.29, 1.82) is 0 Å². The monoisotopic (exact) mass is 730 g/mol. The van der Waals surface area contributed by atoms with Crippen LogP contribution < -0.4 is 24.4 Å². The van der Waals surface area contributed by atoms with Crippen molar-refractivity contribution in [2.75, 3.05) is 13.7 Å². The van der Waals surface area contributed by atoms with Crippen LogP contribution >= 0.6 is 27.3 Å². The van der Waals surface area contributed by atoms with E-state index in [1.165, 1.54) is 11.3 Å². The van der Waals surface area contributed by atoms with Crippen LogP contribution in [0.15, 0.2) is 135 Å². The number of rotatable bonds is 9. The fraction of sp³-hybridized carbons (Fsp3) is 0.125. The van der Waals surface area contributed by atoms with Gasteiger partial charge in [0.05, 0.1) is 35.6 Å². The Bertz CT molecular complexity index is 2380. The van der Waals surface area contributed by atoms with Gasteiger partial charge < -0.3 is 14.2 Å². The first kappa shape index (κ1) is 32.3. The fourth-order valence-electron chi connectivity index (χ4n) is 5.97. The van der Waals surface area contributed by atoms with E-state index in [0.717, 1.165) is 37.5 Å². The van der Waals surface area contributed by atoms with Gasteiger partial charge in [0.1, 0.15) is 18.1 Å². The molecule has 49 heavy (non-hydrogen) atoms. The van der Waals surface area contributed by atoms with Gasteiger partial charge in [0.25, 0.3) is 5.56 Å². The zero-order valence-corrected chi connectivity index (χ0v) is 29.2. The third-order valence-electron chi connectivity index (χ3n) is 8.32. The predicted molar refractivity (Wildman–Crippen MR) is 196 cm³/mol. The number of fused-ring (bicyclic) bond motifs is 2. The molecular weight excluding hydrogens is 700 g/mol. The predicted octanol–water partition coefficient (Wildman–Crippen LogP) is 7.44. The molecule has 7 nitrogen and oxygen atoms in total. The van der Waals surface area contributed by atoms with Crippen molar-refractivity contribution in [3.63, 3.8) is 0 Å². The number of aromatic nitrogens is 1. The Morgan fingerprint density at radius 2 is 1.65 bits per heavy atom. The number of thiazole rings is 1. The van der Waals surface area contributed by atoms with Crippen molar-refractivity contribution < 1.29 is 19.0 Å². The molecule has 5 aromatic carbocycles. The van der Waals surface area contributed by atoms with E-state index in [-0.39, 0.29) is 12.2 Å². The minimum atomic E-state index is -0.792. The van der Waals surface area contributed by atoms with E-state index in [4.69, 9.17) is 19.2 Å². The van der Waals surface area contributed by atoms with Crippen molar-refractivity contribution in [2.24, 2.45) is 4.99 Å². The van der Waals surface area contributed by atoms with E-state index in [1.54, 1.807) is 18.6 Å². The summed E-state index contributed by atoms with van der Waals surface area (Å²) < 4.78 is 20.5. The second-order valence-electron chi connectivity index (χ2n) is 11.3. The molecule has 7 rings (SSSR count). The molecule has 0 radical (unpaired) electrons. The van der Waals surface area contributed by atoms with Crippen LogP contribution in [0.25, 0.3) is 22.5 Å². The second-order valence-corrected chi connectivity index (χ2v) is 13.2. The molecule has 0 saturated heterocycles. The molecule has 0 spiro atoms. The summed E-state index contributed by atoms with van der Waals surface area (Å²) in [5.74, 6) is 0.780. The van der Waals surface area contributed by atoms with Gasteiger partial charge in [-0.3, -0.25) is 9.36 Å². The Kier molecular flexibility index (Phi) is 9.28. The van der Waals surface area contributed by atoms with Crippen LogP contribution in [-0.4, -0.2) is 24.3 Å². The van der Waals surface area contributed by atoms with Crippen LogP contribution in [-0.2, 0) is 16.1 Å². The lowest BCUT2D eigenvalue weighted by Crippen LogP contribution is -2.40. The molecule has 0 bridgehead atoms. The van der Waals surface area contributed by atoms with Crippen LogP contribution in [0.4, 0.5) is 0 Å². The summed E-state index contributed by atoms with van der Waals surface area (Å²) in [6.07, 6.45) is 1.88. The Morgan fingerprint density at radius 3 is 2.39 bits per heavy atom. The molecule has 244 valence electrons. The molecule has 6 aromatic rings. The normalized spacial score (nSPS) is 14.3. The first-order chi connectivity index (χ1) is 23.9. The molecule has 0 amide bonds. The van der Waals surface area contributed by atoms with Crippen molar-refractivity contribution in [3.05, 3.63) is 167 Å². The van der Waals surface area contributed by atoms with Crippen LogP contribution in [0.2, 0.25) is 0 Å². The molecule has 2 heterocycles. The summed E-state index contributed by atoms with van der Waals surface area (Å²) >= 11 is 4.77. The molecule has 1 aliphatic rings. The quantitative estimate of drug-likeness (QED) is 0.145. The van der Waals surface area contributed by atoms with Crippen molar-refractivity contribution in [1.82, 2.24) is 4.57 Å². The molecule has 0 saturated carbocycles. The fourth-order valence-corrected chi connectivity index (χ4v) is 7.21. The van der Waals surface area contributed by atoms with Crippen molar-refractivity contribution in [2.45, 2.75) is 19.6 Å². The highest BCUT2D eigenvalue weighted by atomic mass is 79.9. The number of benzene rings is 5. The van der Waals surface area contributed by atoms with Crippen LogP contribution in [0.5, 0.6) is 11.5 Å². The number of hydrogen-bond acceptors (Lipinski definition) is 7. The number of halogens is 1. The van der Waals surface area contributed by atoms with Gasteiger partial charge in [-0.25, -0.2) is 9.79 Å². The van der Waals surface area contributed by atoms with Gasteiger partial charge in [-0.1, -0.05) is 112 Å². The third kappa shape index (κ3) is 6.47. The summed E-state index contributed by atoms with van der Waals surface area (Å²) in [6, 6.07) is 36.1. The largest absolute Gasteiger partial charge is 0.497 e. The van der Waals surface area contributed by atoms with E-state index in [1.807, 2.05) is 121 Å². The van der Waals surface area contributed by atoms with Crippen LogP contribution in [0, 0.1) is 0 Å². The molecule has 1 aromatic heterocycles. The number of carbonyl (C=O) groups excluding carboxylic acids is 1. The molecule has 1 aliphatic heterocycles. The van der Waals surface area contributed by atoms with Gasteiger partial charge >= 0.3 is 5.97 Å². The highest BCUT2D eigenvalue weighted by Gasteiger charge is 2.35. The minimum absolute atomic E-state index is 0.175. The number of esters is 1. The van der Waals surface area contributed by atoms with Crippen LogP contribution in [0.1, 0.15) is 35.2 Å². The Morgan fingerprint density at radius 1 is 0.918 bits per heavy atom. The average Bonchev–Trinajstić information content (AvgIpc) is 3.45. The van der Waals surface area contributed by atoms with Gasteiger partial charge in [0.15, 0.2) is 4.80 Å². The van der Waals surface area contributed by atoms with Gasteiger partial charge in [0.2, 0.25) is 0 Å². The summed E-state index contributed by atoms with van der Waals surface area (Å²) in [5.41, 5.74) is 3.76. The summed E-state index contributed by atoms with van der Waals surface area (Å²) in [4.78, 5) is 33.8. The van der Waals surface area contributed by atoms with E-state index >= 15 is 0 Å². The standard InChI is InChI=1S/C40H31BrN2O5S/c1-3-47-39(45)35-36(27-10-5-4-6-11-27)42-40-43(37(35)28-15-20-30(46-2)21-16-28)38(44)34(49-40)23-32-31-12-8-7-9-26(31)17-22-33(32)48-24-25-13-18-29(41)19-14-25/h4-23,37H,3,24H2,1-2H3/b34-23-/t37-/m1/s1. The summed E-state index contributed by atoms with van der Waals surface area (Å²) in [7, 11) is 1.60. The van der Waals surface area contributed by atoms with Gasteiger partial charge in [-0.2, -0.15) is 0 Å². The zero-order valence-electron chi connectivity index (χ0n) is 26.8. The number of methoxy groups -OCH3 is 1. The zero-order chi connectivity index (χ0) is 33.9. The maximum atomic E-state index is 14.6. The number of hydrogen-bond donors (Lipinski definition) is 0. The molecule has 0 N–H and O–H groups in total. The Balaban J connectivity index is 1.45. The van der Waals surface area contributed by atoms with Crippen LogP contribution in [0.3, 0.4) is 0 Å². The SMILES string of the molecule is CCOC(=O)C1=C(c2ccccc2)N=c2s/c(=C\c3c(OCc4ccc(Br)cc4)ccc4ccccc34)c(=O)n2[C@@H]1c1ccc(OC)cc1. The minimum Gasteiger partial charge on any atom is -0.497 e. The first-order valence-corrected chi connectivity index (χ1v) is 17.4. The highest BCUT2D eigenvalue weighted by Crippen LogP contribution is 2.36. The number of nitrogens with zero attached hydrogens (tertiary/aromatic N) is 2. The molecule has 0 fully saturated rings. The average molecular weight is 732 g/mol. The van der Waals surface area contributed by atoms with Crippen molar-refractivity contribution >= 4 is 55.8 Å². The first-order valence-electron chi connectivity index (χ1n) is 15.8. The molecule has 0 aliphatic carbocycles. The smallest absolute Gasteiger partial charge is 0.338 e.